The van der Waals surface area contributed by atoms with E-state index in [1.807, 2.05) is 39.0 Å². The van der Waals surface area contributed by atoms with Gasteiger partial charge < -0.3 is 15.0 Å². The van der Waals surface area contributed by atoms with Gasteiger partial charge in [-0.2, -0.15) is 0 Å². The summed E-state index contributed by atoms with van der Waals surface area (Å²) in [6, 6.07) is 18.8. The van der Waals surface area contributed by atoms with Crippen molar-refractivity contribution in [1.82, 2.24) is 4.90 Å². The highest BCUT2D eigenvalue weighted by atomic mass is 32.2. The summed E-state index contributed by atoms with van der Waals surface area (Å²) < 4.78 is 18.4. The average Bonchev–Trinajstić information content (AvgIpc) is 3.26. The van der Waals surface area contributed by atoms with Crippen LogP contribution < -0.4 is 15.0 Å². The Morgan fingerprint density at radius 3 is 2.58 bits per heavy atom. The number of hydrogen-bond donors (Lipinski definition) is 1. The third kappa shape index (κ3) is 4.09. The molecule has 5 rings (SSSR count). The van der Waals surface area contributed by atoms with E-state index >= 15 is 0 Å². The number of thioether (sulfide) groups is 1. The lowest BCUT2D eigenvalue weighted by Gasteiger charge is -2.33. The third-order valence-electron chi connectivity index (χ3n) is 6.51. The molecule has 36 heavy (non-hydrogen) atoms. The summed E-state index contributed by atoms with van der Waals surface area (Å²) in [5.74, 6) is 0.123. The van der Waals surface area contributed by atoms with E-state index in [0.29, 0.717) is 18.0 Å². The van der Waals surface area contributed by atoms with Gasteiger partial charge in [0.15, 0.2) is 4.87 Å². The van der Waals surface area contributed by atoms with Gasteiger partial charge in [0.25, 0.3) is 5.91 Å². The molecule has 3 aromatic carbocycles. The molecule has 3 aromatic rings. The molecule has 0 saturated carbocycles. The van der Waals surface area contributed by atoms with E-state index in [0.717, 1.165) is 22.4 Å². The van der Waals surface area contributed by atoms with Crippen LogP contribution in [0.4, 0.5) is 20.6 Å². The first-order chi connectivity index (χ1) is 17.1. The molecule has 1 spiro atoms. The van der Waals surface area contributed by atoms with E-state index in [9.17, 15) is 14.0 Å². The minimum absolute atomic E-state index is 0.177. The van der Waals surface area contributed by atoms with Gasteiger partial charge in [0.1, 0.15) is 11.6 Å². The zero-order valence-electron chi connectivity index (χ0n) is 20.7. The number of urea groups is 1. The van der Waals surface area contributed by atoms with Crippen LogP contribution in [0, 0.1) is 12.7 Å². The van der Waals surface area contributed by atoms with Crippen molar-refractivity contribution in [1.29, 1.82) is 0 Å². The fourth-order valence-electron chi connectivity index (χ4n) is 4.94. The summed E-state index contributed by atoms with van der Waals surface area (Å²) in [5.41, 5.74) is 3.96. The monoisotopic (exact) mass is 505 g/mol. The highest BCUT2D eigenvalue weighted by Gasteiger charge is 2.63. The molecule has 2 aliphatic rings. The lowest BCUT2D eigenvalue weighted by molar-refractivity contribution is -0.123. The zero-order chi connectivity index (χ0) is 25.7. The number of halogens is 1. The van der Waals surface area contributed by atoms with E-state index in [1.165, 1.54) is 23.9 Å². The molecule has 0 bridgehead atoms. The maximum Gasteiger partial charge on any atom is 0.323 e. The van der Waals surface area contributed by atoms with Crippen LogP contribution in [0.25, 0.3) is 0 Å². The van der Waals surface area contributed by atoms with Crippen molar-refractivity contribution in [2.75, 3.05) is 23.9 Å². The van der Waals surface area contributed by atoms with Gasteiger partial charge in [-0.05, 0) is 56.7 Å². The number of rotatable bonds is 4. The molecular formula is C28H28FN3O3S. The van der Waals surface area contributed by atoms with Crippen molar-refractivity contribution in [3.8, 4) is 5.75 Å². The maximum atomic E-state index is 14.3. The van der Waals surface area contributed by atoms with Crippen molar-refractivity contribution in [2.45, 2.75) is 36.9 Å². The summed E-state index contributed by atoms with van der Waals surface area (Å²) in [5, 5.41) is 2.97. The van der Waals surface area contributed by atoms with Gasteiger partial charge in [-0.1, -0.05) is 35.9 Å². The second-order valence-corrected chi connectivity index (χ2v) is 11.7. The van der Waals surface area contributed by atoms with Gasteiger partial charge in [0.05, 0.1) is 19.3 Å². The van der Waals surface area contributed by atoms with E-state index < -0.39 is 4.87 Å². The van der Waals surface area contributed by atoms with Crippen LogP contribution in [-0.2, 0) is 16.2 Å². The SMILES string of the molecule is COc1cccc(NC(=O)N2CC(C)(C)SC23C(=O)N(Cc2ccc(F)cc2)c2ccc(C)cc23)c1. The molecule has 0 radical (unpaired) electrons. The van der Waals surface area contributed by atoms with Crippen molar-refractivity contribution in [2.24, 2.45) is 0 Å². The predicted octanol–water partition coefficient (Wildman–Crippen LogP) is 5.90. The number of carbonyl (C=O) groups is 2. The molecule has 1 unspecified atom stereocenters. The van der Waals surface area contributed by atoms with Crippen LogP contribution >= 0.6 is 11.8 Å². The molecule has 8 heteroatoms. The van der Waals surface area contributed by atoms with Crippen LogP contribution in [0.15, 0.2) is 66.7 Å². The Morgan fingerprint density at radius 1 is 1.11 bits per heavy atom. The van der Waals surface area contributed by atoms with Crippen molar-refractivity contribution >= 4 is 35.1 Å². The standard InChI is InChI=1S/C28H28FN3O3S/c1-18-8-13-24-23(14-18)28(25(33)31(24)16-19-9-11-20(29)12-10-19)32(17-27(2,3)36-28)26(34)30-21-6-5-7-22(15-21)35-4/h5-15H,16-17H2,1-4H3,(H,30,34). The van der Waals surface area contributed by atoms with Crippen LogP contribution in [-0.4, -0.2) is 35.2 Å². The first kappa shape index (κ1) is 24.2. The van der Waals surface area contributed by atoms with Crippen molar-refractivity contribution in [3.63, 3.8) is 0 Å². The van der Waals surface area contributed by atoms with Crippen LogP contribution in [0.2, 0.25) is 0 Å². The smallest absolute Gasteiger partial charge is 0.323 e. The highest BCUT2D eigenvalue weighted by molar-refractivity contribution is 8.02. The molecule has 3 amide bonds. The largest absolute Gasteiger partial charge is 0.497 e. The Morgan fingerprint density at radius 2 is 1.86 bits per heavy atom. The number of fused-ring (bicyclic) bond motifs is 2. The quantitative estimate of drug-likeness (QED) is 0.480. The molecule has 186 valence electrons. The number of amides is 3. The number of carbonyl (C=O) groups excluding carboxylic acids is 2. The Labute approximate surface area is 214 Å². The average molecular weight is 506 g/mol. The van der Waals surface area contributed by atoms with Crippen molar-refractivity contribution in [3.05, 3.63) is 89.2 Å². The van der Waals surface area contributed by atoms with Crippen LogP contribution in [0.5, 0.6) is 5.75 Å². The first-order valence-electron chi connectivity index (χ1n) is 11.7. The van der Waals surface area contributed by atoms with Gasteiger partial charge in [0, 0.05) is 28.6 Å². The number of nitrogens with one attached hydrogen (secondary N) is 1. The molecule has 0 aromatic heterocycles. The number of anilines is 2. The molecule has 2 heterocycles. The molecular weight excluding hydrogens is 477 g/mol. The Balaban J connectivity index is 1.57. The predicted molar refractivity (Wildman–Crippen MR) is 141 cm³/mol. The van der Waals surface area contributed by atoms with Gasteiger partial charge >= 0.3 is 6.03 Å². The van der Waals surface area contributed by atoms with Gasteiger partial charge in [-0.15, -0.1) is 11.8 Å². The fraction of sp³-hybridized carbons (Fsp3) is 0.286. The minimum Gasteiger partial charge on any atom is -0.497 e. The lowest BCUT2D eigenvalue weighted by Crippen LogP contribution is -2.51. The van der Waals surface area contributed by atoms with Gasteiger partial charge in [-0.3, -0.25) is 9.69 Å². The highest BCUT2D eigenvalue weighted by Crippen LogP contribution is 2.60. The molecule has 1 atom stereocenters. The Bertz CT molecular complexity index is 1340. The summed E-state index contributed by atoms with van der Waals surface area (Å²) >= 11 is 1.50. The van der Waals surface area contributed by atoms with E-state index in [4.69, 9.17) is 4.74 Å². The van der Waals surface area contributed by atoms with E-state index in [1.54, 1.807) is 53.3 Å². The number of methoxy groups -OCH3 is 1. The number of benzene rings is 3. The number of aryl methyl sites for hydroxylation is 1. The molecule has 6 nitrogen and oxygen atoms in total. The first-order valence-corrected chi connectivity index (χ1v) is 12.5. The number of ether oxygens (including phenoxy) is 1. The molecule has 0 aliphatic carbocycles. The van der Waals surface area contributed by atoms with E-state index in [2.05, 4.69) is 5.32 Å². The summed E-state index contributed by atoms with van der Waals surface area (Å²) in [4.78, 5) is 30.2. The molecule has 1 saturated heterocycles. The normalized spacial score (nSPS) is 20.1. The fourth-order valence-corrected chi connectivity index (χ4v) is 6.66. The number of nitrogens with zero attached hydrogens (tertiary/aromatic N) is 2. The van der Waals surface area contributed by atoms with Gasteiger partial charge in [0.2, 0.25) is 0 Å². The third-order valence-corrected chi connectivity index (χ3v) is 8.10. The maximum absolute atomic E-state index is 14.3. The zero-order valence-corrected chi connectivity index (χ0v) is 21.5. The lowest BCUT2D eigenvalue weighted by atomic mass is 10.0. The van der Waals surface area contributed by atoms with Crippen LogP contribution in [0.3, 0.4) is 0 Å². The Hall–Kier alpha value is -3.52. The number of hydrogen-bond acceptors (Lipinski definition) is 4. The minimum atomic E-state index is -1.21. The van der Waals surface area contributed by atoms with E-state index in [-0.39, 0.29) is 29.0 Å². The molecule has 1 fully saturated rings. The molecule has 2 aliphatic heterocycles. The summed E-state index contributed by atoms with van der Waals surface area (Å²) in [6.45, 7) is 6.74. The van der Waals surface area contributed by atoms with Crippen LogP contribution in [0.1, 0.15) is 30.5 Å². The summed E-state index contributed by atoms with van der Waals surface area (Å²) in [7, 11) is 1.57. The van der Waals surface area contributed by atoms with Crippen molar-refractivity contribution < 1.29 is 18.7 Å². The Kier molecular flexibility index (Phi) is 5.95. The van der Waals surface area contributed by atoms with Gasteiger partial charge in [-0.25, -0.2) is 9.18 Å². The second kappa shape index (κ2) is 8.85. The topological polar surface area (TPSA) is 61.9 Å². The summed E-state index contributed by atoms with van der Waals surface area (Å²) in [6.07, 6.45) is 0. The molecule has 1 N–H and O–H groups in total. The second-order valence-electron chi connectivity index (χ2n) is 9.79.